The summed E-state index contributed by atoms with van der Waals surface area (Å²) >= 11 is 0. The first-order chi connectivity index (χ1) is 20.6. The van der Waals surface area contributed by atoms with E-state index in [0.29, 0.717) is 23.2 Å². The molecule has 2 amide bonds. The Bertz CT molecular complexity index is 1820. The molecule has 3 N–H and O–H groups in total. The number of aromatic carboxylic acids is 1. The van der Waals surface area contributed by atoms with E-state index in [1.54, 1.807) is 66.7 Å². The van der Waals surface area contributed by atoms with Crippen LogP contribution in [0.1, 0.15) is 37.4 Å². The number of carboxylic acids is 1. The van der Waals surface area contributed by atoms with E-state index in [1.807, 2.05) is 0 Å². The third-order valence-corrected chi connectivity index (χ3v) is 6.79. The van der Waals surface area contributed by atoms with Crippen LogP contribution in [0.25, 0.3) is 22.0 Å². The number of hydrogen-bond donors (Lipinski definition) is 3. The first kappa shape index (κ1) is 29.0. The fraction of sp³-hybridized carbons (Fsp3) is 0.0909. The van der Waals surface area contributed by atoms with E-state index >= 15 is 0 Å². The summed E-state index contributed by atoms with van der Waals surface area (Å²) in [6.07, 6.45) is -3.03. The average Bonchev–Trinajstić information content (AvgIpc) is 3.00. The number of ketones is 1. The van der Waals surface area contributed by atoms with Crippen molar-refractivity contribution in [1.29, 1.82) is 0 Å². The summed E-state index contributed by atoms with van der Waals surface area (Å²) in [4.78, 5) is 41.3. The molecular weight excluding hydrogens is 559 g/mol. The highest BCUT2D eigenvalue weighted by molar-refractivity contribution is 6.17. The zero-order chi connectivity index (χ0) is 30.6. The molecule has 0 spiro atoms. The van der Waals surface area contributed by atoms with Crippen LogP contribution in [0.4, 0.5) is 23.7 Å². The molecule has 4 aromatic carbocycles. The van der Waals surface area contributed by atoms with Crippen molar-refractivity contribution in [3.63, 3.8) is 0 Å². The summed E-state index contributed by atoms with van der Waals surface area (Å²) in [7, 11) is 0. The fourth-order valence-corrected chi connectivity index (χ4v) is 4.74. The minimum atomic E-state index is -4.66. The number of hydrogen-bond acceptors (Lipinski definition) is 4. The second-order valence-corrected chi connectivity index (χ2v) is 9.66. The van der Waals surface area contributed by atoms with Gasteiger partial charge < -0.3 is 15.7 Å². The van der Waals surface area contributed by atoms with Gasteiger partial charge in [-0.3, -0.25) is 9.78 Å². The van der Waals surface area contributed by atoms with E-state index in [4.69, 9.17) is 5.11 Å². The van der Waals surface area contributed by atoms with Crippen LogP contribution >= 0.6 is 0 Å². The Morgan fingerprint density at radius 1 is 0.814 bits per heavy atom. The lowest BCUT2D eigenvalue weighted by Crippen LogP contribution is -2.30. The number of aromatic nitrogens is 1. The number of amides is 2. The number of nitrogens with one attached hydrogen (secondary N) is 2. The Kier molecular flexibility index (Phi) is 8.20. The molecule has 1 heterocycles. The van der Waals surface area contributed by atoms with Gasteiger partial charge in [-0.25, -0.2) is 9.59 Å². The Balaban J connectivity index is 1.44. The van der Waals surface area contributed by atoms with E-state index < -0.39 is 29.5 Å². The minimum absolute atomic E-state index is 0.119. The van der Waals surface area contributed by atoms with E-state index in [2.05, 4.69) is 15.6 Å². The van der Waals surface area contributed by atoms with Gasteiger partial charge in [0, 0.05) is 40.5 Å². The molecule has 1 aromatic heterocycles. The van der Waals surface area contributed by atoms with Gasteiger partial charge in [0.05, 0.1) is 16.6 Å². The lowest BCUT2D eigenvalue weighted by atomic mass is 9.91. The van der Waals surface area contributed by atoms with Gasteiger partial charge in [-0.05, 0) is 47.9 Å². The number of carbonyl (C=O) groups is 3. The molecule has 0 aliphatic rings. The van der Waals surface area contributed by atoms with Gasteiger partial charge in [-0.2, -0.15) is 13.2 Å². The largest absolute Gasteiger partial charge is 0.478 e. The number of pyridine rings is 1. The molecule has 5 rings (SSSR count). The number of benzene rings is 4. The zero-order valence-corrected chi connectivity index (χ0v) is 22.5. The molecule has 0 fully saturated rings. The second-order valence-electron chi connectivity index (χ2n) is 9.66. The SMILES string of the molecule is O=C(NCCc1ccc(C(=O)O)cc1)Nc1cccc(-c2c(C(=O)c3ccccc3)cnc3c(C(F)(F)F)cccc23)c1. The first-order valence-corrected chi connectivity index (χ1v) is 13.2. The van der Waals surface area contributed by atoms with Crippen molar-refractivity contribution >= 4 is 34.4 Å². The third kappa shape index (κ3) is 6.54. The van der Waals surface area contributed by atoms with Crippen molar-refractivity contribution in [1.82, 2.24) is 10.3 Å². The lowest BCUT2D eigenvalue weighted by molar-refractivity contribution is -0.136. The molecular formula is C33H24F3N3O4. The normalized spacial score (nSPS) is 11.2. The molecule has 0 unspecified atom stereocenters. The molecule has 216 valence electrons. The average molecular weight is 584 g/mol. The minimum Gasteiger partial charge on any atom is -0.478 e. The van der Waals surface area contributed by atoms with Gasteiger partial charge in [0.25, 0.3) is 0 Å². The van der Waals surface area contributed by atoms with Crippen LogP contribution in [0.3, 0.4) is 0 Å². The Hall–Kier alpha value is -5.51. The summed E-state index contributed by atoms with van der Waals surface area (Å²) in [6, 6.07) is 24.4. The van der Waals surface area contributed by atoms with Gasteiger partial charge >= 0.3 is 18.2 Å². The zero-order valence-electron chi connectivity index (χ0n) is 22.5. The van der Waals surface area contributed by atoms with E-state index in [0.717, 1.165) is 17.8 Å². The molecule has 5 aromatic rings. The monoisotopic (exact) mass is 583 g/mol. The molecule has 7 nitrogen and oxygen atoms in total. The summed E-state index contributed by atoms with van der Waals surface area (Å²) in [5.74, 6) is -1.43. The maximum absolute atomic E-state index is 13.9. The van der Waals surface area contributed by atoms with E-state index in [1.165, 1.54) is 24.3 Å². The predicted octanol–water partition coefficient (Wildman–Crippen LogP) is 7.21. The number of carboxylic acid groups (broad SMARTS) is 1. The Morgan fingerprint density at radius 2 is 1.53 bits per heavy atom. The van der Waals surface area contributed by atoms with Crippen molar-refractivity contribution < 1.29 is 32.7 Å². The fourth-order valence-electron chi connectivity index (χ4n) is 4.74. The van der Waals surface area contributed by atoms with Gasteiger partial charge in [0.2, 0.25) is 0 Å². The van der Waals surface area contributed by atoms with Crippen molar-refractivity contribution in [3.05, 3.63) is 131 Å². The van der Waals surface area contributed by atoms with Crippen LogP contribution in [0.2, 0.25) is 0 Å². The van der Waals surface area contributed by atoms with E-state index in [-0.39, 0.29) is 34.1 Å². The number of rotatable bonds is 8. The van der Waals surface area contributed by atoms with Crippen molar-refractivity contribution in [3.8, 4) is 11.1 Å². The quantitative estimate of drug-likeness (QED) is 0.167. The third-order valence-electron chi connectivity index (χ3n) is 6.79. The van der Waals surface area contributed by atoms with Crippen LogP contribution in [0, 0.1) is 0 Å². The number of nitrogens with zero attached hydrogens (tertiary/aromatic N) is 1. The molecule has 0 aliphatic carbocycles. The highest BCUT2D eigenvalue weighted by Crippen LogP contribution is 2.39. The van der Waals surface area contributed by atoms with Crippen LogP contribution in [0.5, 0.6) is 0 Å². The summed E-state index contributed by atoms with van der Waals surface area (Å²) in [5, 5.41) is 14.6. The van der Waals surface area contributed by atoms with Gasteiger partial charge in [0.1, 0.15) is 0 Å². The Labute approximate surface area is 244 Å². The van der Waals surface area contributed by atoms with Crippen molar-refractivity contribution in [2.75, 3.05) is 11.9 Å². The molecule has 0 atom stereocenters. The van der Waals surface area contributed by atoms with Gasteiger partial charge in [-0.1, -0.05) is 66.7 Å². The number of urea groups is 1. The predicted molar refractivity (Wildman–Crippen MR) is 156 cm³/mol. The highest BCUT2D eigenvalue weighted by atomic mass is 19.4. The summed E-state index contributed by atoms with van der Waals surface area (Å²) in [5.41, 5.74) is 1.30. The number of carbonyl (C=O) groups excluding carboxylic acids is 2. The molecule has 10 heteroatoms. The molecule has 0 radical (unpaired) electrons. The number of alkyl halides is 3. The maximum atomic E-state index is 13.9. The topological polar surface area (TPSA) is 108 Å². The smallest absolute Gasteiger partial charge is 0.418 e. The second kappa shape index (κ2) is 12.2. The van der Waals surface area contributed by atoms with Crippen LogP contribution in [0.15, 0.2) is 103 Å². The number of anilines is 1. The van der Waals surface area contributed by atoms with E-state index in [9.17, 15) is 27.6 Å². The first-order valence-electron chi connectivity index (χ1n) is 13.2. The number of fused-ring (bicyclic) bond motifs is 1. The number of halogens is 3. The molecule has 0 saturated heterocycles. The lowest BCUT2D eigenvalue weighted by Gasteiger charge is -2.16. The molecule has 43 heavy (non-hydrogen) atoms. The molecule has 0 saturated carbocycles. The van der Waals surface area contributed by atoms with Crippen LogP contribution < -0.4 is 10.6 Å². The summed E-state index contributed by atoms with van der Waals surface area (Å²) in [6.45, 7) is 0.267. The van der Waals surface area contributed by atoms with Crippen molar-refractivity contribution in [2.24, 2.45) is 0 Å². The van der Waals surface area contributed by atoms with Gasteiger partial charge in [0.15, 0.2) is 5.78 Å². The molecule has 0 bridgehead atoms. The van der Waals surface area contributed by atoms with Crippen LogP contribution in [-0.4, -0.2) is 34.4 Å². The van der Waals surface area contributed by atoms with Crippen molar-refractivity contribution in [2.45, 2.75) is 12.6 Å². The number of para-hydroxylation sites is 1. The maximum Gasteiger partial charge on any atom is 0.418 e. The van der Waals surface area contributed by atoms with Gasteiger partial charge in [-0.15, -0.1) is 0 Å². The standard InChI is InChI=1S/C33H24F3N3O4/c34-33(35,36)27-11-5-10-25-28(26(19-38-29(25)27)30(40)21-6-2-1-3-7-21)23-8-4-9-24(18-23)39-32(43)37-17-16-20-12-14-22(15-13-20)31(41)42/h1-15,18-19H,16-17H2,(H,41,42)(H2,37,39,43). The van der Waals surface area contributed by atoms with Crippen LogP contribution in [-0.2, 0) is 12.6 Å². The molecule has 0 aliphatic heterocycles. The highest BCUT2D eigenvalue weighted by Gasteiger charge is 2.34. The summed E-state index contributed by atoms with van der Waals surface area (Å²) < 4.78 is 41.6. The Morgan fingerprint density at radius 3 is 2.23 bits per heavy atom.